The molecule has 2 aromatic heterocycles. The van der Waals surface area contributed by atoms with Crippen LogP contribution in [-0.4, -0.2) is 27.3 Å². The Bertz CT molecular complexity index is 991. The molecule has 1 aliphatic rings. The summed E-state index contributed by atoms with van der Waals surface area (Å²) in [5, 5.41) is 5.57. The van der Waals surface area contributed by atoms with E-state index in [2.05, 4.69) is 10.3 Å². The first-order valence-corrected chi connectivity index (χ1v) is 11.0. The lowest BCUT2D eigenvalue weighted by atomic mass is 10.2. The zero-order valence-electron chi connectivity index (χ0n) is 14.9. The van der Waals surface area contributed by atoms with E-state index in [4.69, 9.17) is 0 Å². The van der Waals surface area contributed by atoms with Gasteiger partial charge in [-0.05, 0) is 29.9 Å². The molecule has 0 saturated heterocycles. The van der Waals surface area contributed by atoms with Crippen molar-refractivity contribution in [3.05, 3.63) is 57.7 Å². The molecule has 3 aromatic rings. The van der Waals surface area contributed by atoms with Gasteiger partial charge in [-0.2, -0.15) is 0 Å². The van der Waals surface area contributed by atoms with Gasteiger partial charge in [-0.1, -0.05) is 54.9 Å². The van der Waals surface area contributed by atoms with E-state index < -0.39 is 0 Å². The second kappa shape index (κ2) is 8.27. The summed E-state index contributed by atoms with van der Waals surface area (Å²) in [5.74, 6) is 0.283. The van der Waals surface area contributed by atoms with Gasteiger partial charge in [0.05, 0.1) is 17.8 Å². The SMILES string of the molecule is O=C(CSc1nc2ccsc2c(=O)n1Cc1ccccc1)NC1CCCC1. The summed E-state index contributed by atoms with van der Waals surface area (Å²) < 4.78 is 2.34. The Morgan fingerprint density at radius 1 is 1.22 bits per heavy atom. The van der Waals surface area contributed by atoms with E-state index in [0.717, 1.165) is 18.4 Å². The Labute approximate surface area is 165 Å². The number of benzene rings is 1. The lowest BCUT2D eigenvalue weighted by molar-refractivity contribution is -0.119. The van der Waals surface area contributed by atoms with Gasteiger partial charge in [0.15, 0.2) is 5.16 Å². The van der Waals surface area contributed by atoms with Crippen LogP contribution in [0.25, 0.3) is 10.2 Å². The van der Waals surface area contributed by atoms with Crippen LogP contribution in [0.2, 0.25) is 0 Å². The molecule has 2 heterocycles. The summed E-state index contributed by atoms with van der Waals surface area (Å²) in [5.41, 5.74) is 1.69. The van der Waals surface area contributed by atoms with Crippen molar-refractivity contribution < 1.29 is 4.79 Å². The minimum atomic E-state index is -0.0439. The maximum atomic E-state index is 13.0. The predicted molar refractivity (Wildman–Crippen MR) is 111 cm³/mol. The summed E-state index contributed by atoms with van der Waals surface area (Å²) >= 11 is 2.74. The topological polar surface area (TPSA) is 64.0 Å². The number of nitrogens with zero attached hydrogens (tertiary/aromatic N) is 2. The van der Waals surface area contributed by atoms with Crippen LogP contribution in [0.15, 0.2) is 51.7 Å². The van der Waals surface area contributed by atoms with Gasteiger partial charge < -0.3 is 5.32 Å². The molecular weight excluding hydrogens is 378 g/mol. The van der Waals surface area contributed by atoms with Crippen molar-refractivity contribution in [2.24, 2.45) is 0 Å². The Balaban J connectivity index is 1.57. The van der Waals surface area contributed by atoms with Crippen molar-refractivity contribution in [3.63, 3.8) is 0 Å². The lowest BCUT2D eigenvalue weighted by Gasteiger charge is -2.14. The smallest absolute Gasteiger partial charge is 0.272 e. The highest BCUT2D eigenvalue weighted by Crippen LogP contribution is 2.22. The van der Waals surface area contributed by atoms with Crippen LogP contribution < -0.4 is 10.9 Å². The monoisotopic (exact) mass is 399 g/mol. The molecule has 0 aliphatic heterocycles. The number of carbonyl (C=O) groups is 1. The van der Waals surface area contributed by atoms with Crippen molar-refractivity contribution in [2.45, 2.75) is 43.4 Å². The molecule has 1 aromatic carbocycles. The van der Waals surface area contributed by atoms with Crippen molar-refractivity contribution >= 4 is 39.2 Å². The lowest BCUT2D eigenvalue weighted by Crippen LogP contribution is -2.34. The summed E-state index contributed by atoms with van der Waals surface area (Å²) in [6, 6.07) is 12.0. The third kappa shape index (κ3) is 4.25. The average molecular weight is 400 g/mol. The molecule has 0 bridgehead atoms. The zero-order chi connectivity index (χ0) is 18.6. The van der Waals surface area contributed by atoms with E-state index in [1.807, 2.05) is 41.8 Å². The largest absolute Gasteiger partial charge is 0.353 e. The third-order valence-corrected chi connectivity index (χ3v) is 6.64. The van der Waals surface area contributed by atoms with Gasteiger partial charge >= 0.3 is 0 Å². The molecule has 1 saturated carbocycles. The second-order valence-corrected chi connectivity index (χ2v) is 8.60. The van der Waals surface area contributed by atoms with Gasteiger partial charge in [0.1, 0.15) is 4.70 Å². The van der Waals surface area contributed by atoms with Crippen LogP contribution in [-0.2, 0) is 11.3 Å². The molecule has 1 aliphatic carbocycles. The highest BCUT2D eigenvalue weighted by Gasteiger charge is 2.18. The van der Waals surface area contributed by atoms with Gasteiger partial charge in [0.2, 0.25) is 5.91 Å². The normalized spacial score (nSPS) is 14.7. The van der Waals surface area contributed by atoms with Crippen molar-refractivity contribution in [2.75, 3.05) is 5.75 Å². The highest BCUT2D eigenvalue weighted by molar-refractivity contribution is 7.99. The molecule has 1 N–H and O–H groups in total. The van der Waals surface area contributed by atoms with Crippen molar-refractivity contribution in [1.82, 2.24) is 14.9 Å². The number of fused-ring (bicyclic) bond motifs is 1. The van der Waals surface area contributed by atoms with Crippen LogP contribution in [0.3, 0.4) is 0 Å². The molecule has 0 spiro atoms. The number of hydrogen-bond donors (Lipinski definition) is 1. The van der Waals surface area contributed by atoms with E-state index in [0.29, 0.717) is 28.0 Å². The second-order valence-electron chi connectivity index (χ2n) is 6.74. The molecule has 5 nitrogen and oxygen atoms in total. The fraction of sp³-hybridized carbons (Fsp3) is 0.350. The quantitative estimate of drug-likeness (QED) is 0.508. The van der Waals surface area contributed by atoms with E-state index in [-0.39, 0.29) is 17.2 Å². The zero-order valence-corrected chi connectivity index (χ0v) is 16.5. The molecule has 27 heavy (non-hydrogen) atoms. The molecule has 140 valence electrons. The summed E-state index contributed by atoms with van der Waals surface area (Å²) in [6.45, 7) is 0.451. The Morgan fingerprint density at radius 2 is 2.00 bits per heavy atom. The molecule has 1 fully saturated rings. The summed E-state index contributed by atoms with van der Waals surface area (Å²) in [4.78, 5) is 29.9. The number of thiophene rings is 1. The van der Waals surface area contributed by atoms with E-state index in [9.17, 15) is 9.59 Å². The molecular formula is C20H21N3O2S2. The number of hydrogen-bond acceptors (Lipinski definition) is 5. The number of rotatable bonds is 6. The standard InChI is InChI=1S/C20H21N3O2S2/c24-17(21-15-8-4-5-9-15)13-27-20-22-16-10-11-26-18(16)19(25)23(20)12-14-6-2-1-3-7-14/h1-3,6-7,10-11,15H,4-5,8-9,12-13H2,(H,21,24). The van der Waals surface area contributed by atoms with Crippen molar-refractivity contribution in [1.29, 1.82) is 0 Å². The van der Waals surface area contributed by atoms with Crippen molar-refractivity contribution in [3.8, 4) is 0 Å². The number of amides is 1. The molecule has 4 rings (SSSR count). The van der Waals surface area contributed by atoms with Crippen LogP contribution in [0.4, 0.5) is 0 Å². The Kier molecular flexibility index (Phi) is 5.59. The average Bonchev–Trinajstić information content (AvgIpc) is 3.35. The Hall–Kier alpha value is -2.12. The Morgan fingerprint density at radius 3 is 2.78 bits per heavy atom. The van der Waals surface area contributed by atoms with Gasteiger partial charge in [0, 0.05) is 6.04 Å². The fourth-order valence-electron chi connectivity index (χ4n) is 3.41. The van der Waals surface area contributed by atoms with E-state index >= 15 is 0 Å². The third-order valence-electron chi connectivity index (χ3n) is 4.77. The minimum Gasteiger partial charge on any atom is -0.353 e. The first-order chi connectivity index (χ1) is 13.2. The van der Waals surface area contributed by atoms with Gasteiger partial charge in [0.25, 0.3) is 5.56 Å². The maximum absolute atomic E-state index is 13.0. The molecule has 1 amide bonds. The number of thioether (sulfide) groups is 1. The van der Waals surface area contributed by atoms with Crippen LogP contribution in [0, 0.1) is 0 Å². The van der Waals surface area contributed by atoms with Crippen LogP contribution in [0.5, 0.6) is 0 Å². The molecule has 7 heteroatoms. The summed E-state index contributed by atoms with van der Waals surface area (Å²) in [7, 11) is 0. The summed E-state index contributed by atoms with van der Waals surface area (Å²) in [6.07, 6.45) is 4.50. The first-order valence-electron chi connectivity index (χ1n) is 9.15. The van der Waals surface area contributed by atoms with Gasteiger partial charge in [-0.15, -0.1) is 11.3 Å². The van der Waals surface area contributed by atoms with Gasteiger partial charge in [-0.3, -0.25) is 14.2 Å². The van der Waals surface area contributed by atoms with E-state index in [1.54, 1.807) is 4.57 Å². The maximum Gasteiger partial charge on any atom is 0.272 e. The fourth-order valence-corrected chi connectivity index (χ4v) is 5.00. The highest BCUT2D eigenvalue weighted by atomic mass is 32.2. The molecule has 0 atom stereocenters. The van der Waals surface area contributed by atoms with Crippen LogP contribution >= 0.6 is 23.1 Å². The number of carbonyl (C=O) groups excluding carboxylic acids is 1. The molecule has 0 unspecified atom stereocenters. The van der Waals surface area contributed by atoms with Crippen LogP contribution in [0.1, 0.15) is 31.2 Å². The van der Waals surface area contributed by atoms with E-state index in [1.165, 1.54) is 35.9 Å². The predicted octanol–water partition coefficient (Wildman–Crippen LogP) is 3.66. The minimum absolute atomic E-state index is 0.0119. The van der Waals surface area contributed by atoms with Gasteiger partial charge in [-0.25, -0.2) is 4.98 Å². The number of nitrogens with one attached hydrogen (secondary N) is 1. The first kappa shape index (κ1) is 18.3. The molecule has 0 radical (unpaired) electrons. The number of aromatic nitrogens is 2.